The molecule has 0 atom stereocenters. The van der Waals surface area contributed by atoms with Gasteiger partial charge in [0, 0.05) is 49.3 Å². The van der Waals surface area contributed by atoms with Crippen molar-refractivity contribution in [2.75, 3.05) is 39.8 Å². The van der Waals surface area contributed by atoms with Crippen molar-refractivity contribution >= 4 is 28.4 Å². The minimum Gasteiger partial charge on any atom is -0.495 e. The Bertz CT molecular complexity index is 1440. The Hall–Kier alpha value is -3.39. The van der Waals surface area contributed by atoms with Crippen molar-refractivity contribution in [2.45, 2.75) is 32.5 Å². The number of aryl methyl sites for hydroxylation is 1. The fourth-order valence-corrected chi connectivity index (χ4v) is 5.70. The molecule has 0 saturated carbocycles. The number of carbonyl (C=O) groups is 1. The van der Waals surface area contributed by atoms with Gasteiger partial charge < -0.3 is 19.5 Å². The zero-order valence-corrected chi connectivity index (χ0v) is 23.7. The highest BCUT2D eigenvalue weighted by atomic mass is 35.5. The summed E-state index contributed by atoms with van der Waals surface area (Å²) in [6.07, 6.45) is 4.02. The summed E-state index contributed by atoms with van der Waals surface area (Å²) in [4.78, 5) is 18.2. The molecular weight excluding hydrogens is 527 g/mol. The molecule has 1 aliphatic rings. The van der Waals surface area contributed by atoms with Crippen LogP contribution in [0.2, 0.25) is 5.02 Å². The van der Waals surface area contributed by atoms with Gasteiger partial charge in [0.2, 0.25) is 0 Å². The lowest BCUT2D eigenvalue weighted by atomic mass is 10.1. The smallest absolute Gasteiger partial charge is 0.253 e. The molecule has 1 aliphatic heterocycles. The maximum Gasteiger partial charge on any atom is 0.253 e. The van der Waals surface area contributed by atoms with Crippen LogP contribution >= 0.6 is 11.6 Å². The second-order valence-electron chi connectivity index (χ2n) is 10.4. The Morgan fingerprint density at radius 2 is 1.73 bits per heavy atom. The number of fused-ring (bicyclic) bond motifs is 1. The van der Waals surface area contributed by atoms with Crippen molar-refractivity contribution in [3.8, 4) is 5.75 Å². The minimum atomic E-state index is -0.191. The molecule has 1 saturated heterocycles. The van der Waals surface area contributed by atoms with Crippen molar-refractivity contribution in [1.29, 1.82) is 0 Å². The largest absolute Gasteiger partial charge is 0.495 e. The second-order valence-corrected chi connectivity index (χ2v) is 10.8. The maximum absolute atomic E-state index is 13.2. The van der Waals surface area contributed by atoms with Gasteiger partial charge >= 0.3 is 0 Å². The van der Waals surface area contributed by atoms with Gasteiger partial charge in [-0.1, -0.05) is 48.0 Å². The maximum atomic E-state index is 13.2. The van der Waals surface area contributed by atoms with Crippen LogP contribution in [0.4, 0.5) is 4.39 Å². The Balaban J connectivity index is 1.20. The molecule has 210 valence electrons. The second kappa shape index (κ2) is 13.3. The van der Waals surface area contributed by atoms with Crippen LogP contribution in [-0.2, 0) is 19.6 Å². The molecular formula is C32H36ClFN4O2. The summed E-state index contributed by atoms with van der Waals surface area (Å²) in [5.74, 6) is 0.451. The zero-order valence-electron chi connectivity index (χ0n) is 22.9. The Kier molecular flexibility index (Phi) is 9.37. The molecule has 1 N–H and O–H groups in total. The summed E-state index contributed by atoms with van der Waals surface area (Å²) in [5, 5.41) is 4.58. The van der Waals surface area contributed by atoms with Gasteiger partial charge in [0.15, 0.2) is 0 Å². The molecule has 40 heavy (non-hydrogen) atoms. The van der Waals surface area contributed by atoms with Crippen LogP contribution < -0.4 is 10.1 Å². The molecule has 0 bridgehead atoms. The van der Waals surface area contributed by atoms with Gasteiger partial charge in [-0.25, -0.2) is 4.39 Å². The third-order valence-corrected chi connectivity index (χ3v) is 7.78. The number of amides is 1. The normalized spacial score (nSPS) is 14.8. The molecule has 5 rings (SSSR count). The molecule has 1 aromatic heterocycles. The van der Waals surface area contributed by atoms with Crippen molar-refractivity contribution in [3.63, 3.8) is 0 Å². The average molecular weight is 563 g/mol. The summed E-state index contributed by atoms with van der Waals surface area (Å²) in [7, 11) is 1.67. The van der Waals surface area contributed by atoms with Gasteiger partial charge in [0.05, 0.1) is 18.2 Å². The van der Waals surface area contributed by atoms with E-state index in [1.54, 1.807) is 7.11 Å². The summed E-state index contributed by atoms with van der Waals surface area (Å²) < 4.78 is 21.1. The highest BCUT2D eigenvalue weighted by Gasteiger charge is 2.19. The number of aromatic nitrogens is 1. The number of nitrogens with zero attached hydrogens (tertiary/aromatic N) is 3. The van der Waals surface area contributed by atoms with Crippen molar-refractivity contribution < 1.29 is 13.9 Å². The first kappa shape index (κ1) is 28.1. The lowest BCUT2D eigenvalue weighted by Crippen LogP contribution is -2.31. The van der Waals surface area contributed by atoms with Crippen LogP contribution in [0, 0.1) is 5.82 Å². The van der Waals surface area contributed by atoms with E-state index in [0.29, 0.717) is 17.1 Å². The summed E-state index contributed by atoms with van der Waals surface area (Å²) >= 11 is 6.10. The fraction of sp³-hybridized carbons (Fsp3) is 0.344. The lowest BCUT2D eigenvalue weighted by molar-refractivity contribution is 0.0952. The number of methoxy groups -OCH3 is 1. The van der Waals surface area contributed by atoms with E-state index in [2.05, 4.69) is 19.7 Å². The van der Waals surface area contributed by atoms with E-state index in [9.17, 15) is 9.18 Å². The summed E-state index contributed by atoms with van der Waals surface area (Å²) in [5.41, 5.74) is 3.69. The number of carbonyl (C=O) groups excluding carboxylic acids is 1. The third kappa shape index (κ3) is 7.02. The Labute approximate surface area is 240 Å². The van der Waals surface area contributed by atoms with E-state index in [4.69, 9.17) is 16.3 Å². The van der Waals surface area contributed by atoms with E-state index in [1.807, 2.05) is 60.8 Å². The van der Waals surface area contributed by atoms with Crippen molar-refractivity contribution in [3.05, 3.63) is 100 Å². The number of benzene rings is 3. The Morgan fingerprint density at radius 3 is 2.52 bits per heavy atom. The van der Waals surface area contributed by atoms with Crippen LogP contribution in [0.3, 0.4) is 0 Å². The first-order valence-electron chi connectivity index (χ1n) is 13.9. The SMILES string of the molecule is COc1cccc2c(C(=O)NCc3cccc(Cl)c3)cn(CCCN3CCCN(Cc4ccc(F)cc4)CC3)c12. The van der Waals surface area contributed by atoms with Crippen LogP contribution in [0.25, 0.3) is 10.9 Å². The van der Waals surface area contributed by atoms with Crippen molar-refractivity contribution in [2.24, 2.45) is 0 Å². The minimum absolute atomic E-state index is 0.120. The zero-order chi connectivity index (χ0) is 27.9. The number of hydrogen-bond donors (Lipinski definition) is 1. The number of halogens is 2. The molecule has 6 nitrogen and oxygen atoms in total. The fourth-order valence-electron chi connectivity index (χ4n) is 5.49. The van der Waals surface area contributed by atoms with Gasteiger partial charge in [0.25, 0.3) is 5.91 Å². The van der Waals surface area contributed by atoms with Gasteiger partial charge in [0.1, 0.15) is 11.6 Å². The van der Waals surface area contributed by atoms with E-state index >= 15 is 0 Å². The van der Waals surface area contributed by atoms with Crippen LogP contribution in [0.1, 0.15) is 34.3 Å². The molecule has 0 unspecified atom stereocenters. The molecule has 1 fully saturated rings. The van der Waals surface area contributed by atoms with Gasteiger partial charge in [-0.2, -0.15) is 0 Å². The van der Waals surface area contributed by atoms with Crippen molar-refractivity contribution in [1.82, 2.24) is 19.7 Å². The topological polar surface area (TPSA) is 49.7 Å². The molecule has 1 amide bonds. The van der Waals surface area contributed by atoms with Crippen LogP contribution in [0.5, 0.6) is 5.75 Å². The monoisotopic (exact) mass is 562 g/mol. The molecule has 8 heteroatoms. The molecule has 0 radical (unpaired) electrons. The highest BCUT2D eigenvalue weighted by molar-refractivity contribution is 6.30. The summed E-state index contributed by atoms with van der Waals surface area (Å²) in [6, 6.07) is 20.2. The number of ether oxygens (including phenoxy) is 1. The molecule has 2 heterocycles. The van der Waals surface area contributed by atoms with E-state index in [0.717, 1.165) is 86.4 Å². The highest BCUT2D eigenvalue weighted by Crippen LogP contribution is 2.30. The predicted molar refractivity (Wildman–Crippen MR) is 158 cm³/mol. The van der Waals surface area contributed by atoms with E-state index in [-0.39, 0.29) is 11.7 Å². The predicted octanol–water partition coefficient (Wildman–Crippen LogP) is 5.97. The van der Waals surface area contributed by atoms with Crippen LogP contribution in [0.15, 0.2) is 72.9 Å². The first-order chi connectivity index (χ1) is 19.5. The quantitative estimate of drug-likeness (QED) is 0.259. The Morgan fingerprint density at radius 1 is 0.950 bits per heavy atom. The number of nitrogens with one attached hydrogen (secondary N) is 1. The van der Waals surface area contributed by atoms with Gasteiger partial charge in [-0.3, -0.25) is 9.69 Å². The van der Waals surface area contributed by atoms with Gasteiger partial charge in [-0.05, 0) is 73.9 Å². The molecule has 4 aromatic rings. The van der Waals surface area contributed by atoms with E-state index < -0.39 is 0 Å². The van der Waals surface area contributed by atoms with Crippen LogP contribution in [-0.4, -0.2) is 60.1 Å². The summed E-state index contributed by atoms with van der Waals surface area (Å²) in [6.45, 7) is 7.13. The lowest BCUT2D eigenvalue weighted by Gasteiger charge is -2.22. The van der Waals surface area contributed by atoms with Gasteiger partial charge in [-0.15, -0.1) is 0 Å². The molecule has 0 spiro atoms. The number of hydrogen-bond acceptors (Lipinski definition) is 4. The number of para-hydroxylation sites is 1. The third-order valence-electron chi connectivity index (χ3n) is 7.54. The van der Waals surface area contributed by atoms with E-state index in [1.165, 1.54) is 12.1 Å². The molecule has 0 aliphatic carbocycles. The average Bonchev–Trinajstić information content (AvgIpc) is 3.19. The number of rotatable bonds is 10. The standard InChI is InChI=1S/C32H36ClFN4O2/c1-40-30-9-3-8-28-29(32(39)35-21-25-6-2-7-26(33)20-25)23-38(31(28)30)17-5-15-36-14-4-16-37(19-18-36)22-24-10-12-27(34)13-11-24/h2-3,6-13,20,23H,4-5,14-19,21-22H2,1H3,(H,35,39). The molecule has 3 aromatic carbocycles. The first-order valence-corrected chi connectivity index (χ1v) is 14.3.